The van der Waals surface area contributed by atoms with E-state index in [1.807, 2.05) is 18.4 Å². The highest BCUT2D eigenvalue weighted by molar-refractivity contribution is 7.88. The Kier molecular flexibility index (Phi) is 3.72. The summed E-state index contributed by atoms with van der Waals surface area (Å²) < 4.78 is 26.8. The van der Waals surface area contributed by atoms with Gasteiger partial charge in [-0.3, -0.25) is 0 Å². The minimum atomic E-state index is -3.22. The van der Waals surface area contributed by atoms with Gasteiger partial charge >= 0.3 is 0 Å². The Morgan fingerprint density at radius 3 is 2.69 bits per heavy atom. The van der Waals surface area contributed by atoms with Crippen LogP contribution < -0.4 is 10.5 Å². The van der Waals surface area contributed by atoms with Crippen molar-refractivity contribution in [3.63, 3.8) is 0 Å². The number of nitrogens with zero attached hydrogens (tertiary/aromatic N) is 2. The number of hydrogen-bond acceptors (Lipinski definition) is 4. The van der Waals surface area contributed by atoms with Crippen molar-refractivity contribution in [3.05, 3.63) is 18.2 Å². The molecule has 0 aliphatic heterocycles. The van der Waals surface area contributed by atoms with Gasteiger partial charge in [0.1, 0.15) is 0 Å². The molecule has 0 fully saturated rings. The molecule has 0 aromatic carbocycles. The molecule has 0 unspecified atom stereocenters. The lowest BCUT2D eigenvalue weighted by atomic mass is 10.1. The van der Waals surface area contributed by atoms with Crippen LogP contribution in [0.4, 0.5) is 0 Å². The summed E-state index contributed by atoms with van der Waals surface area (Å²) in [6.07, 6.45) is 4.47. The van der Waals surface area contributed by atoms with Crippen LogP contribution in [0.3, 0.4) is 0 Å². The van der Waals surface area contributed by atoms with E-state index in [1.165, 1.54) is 0 Å². The van der Waals surface area contributed by atoms with Gasteiger partial charge in [0, 0.05) is 24.8 Å². The molecular weight excluding hydrogens is 228 g/mol. The van der Waals surface area contributed by atoms with Gasteiger partial charge in [0.05, 0.1) is 18.3 Å². The fraction of sp³-hybridized carbons (Fsp3) is 0.667. The second kappa shape index (κ2) is 4.52. The second-order valence-electron chi connectivity index (χ2n) is 4.48. The lowest BCUT2D eigenvalue weighted by Gasteiger charge is -2.26. The summed E-state index contributed by atoms with van der Waals surface area (Å²) in [6.45, 7) is 4.50. The van der Waals surface area contributed by atoms with Gasteiger partial charge in [0.15, 0.2) is 0 Å². The van der Waals surface area contributed by atoms with Crippen molar-refractivity contribution in [2.24, 2.45) is 5.73 Å². The first kappa shape index (κ1) is 13.1. The predicted molar refractivity (Wildman–Crippen MR) is 62.2 cm³/mol. The van der Waals surface area contributed by atoms with Crippen LogP contribution in [0.2, 0.25) is 0 Å². The van der Waals surface area contributed by atoms with Crippen LogP contribution in [0.15, 0.2) is 12.5 Å². The molecule has 92 valence electrons. The number of rotatable bonds is 5. The van der Waals surface area contributed by atoms with Crippen LogP contribution in [0.1, 0.15) is 19.5 Å². The molecule has 1 heterocycles. The zero-order valence-corrected chi connectivity index (χ0v) is 10.6. The van der Waals surface area contributed by atoms with E-state index in [9.17, 15) is 8.42 Å². The Hall–Kier alpha value is -0.920. The van der Waals surface area contributed by atoms with Gasteiger partial charge in [-0.25, -0.2) is 18.1 Å². The maximum atomic E-state index is 11.2. The maximum absolute atomic E-state index is 11.2. The van der Waals surface area contributed by atoms with Crippen LogP contribution in [0.25, 0.3) is 0 Å². The first-order valence-corrected chi connectivity index (χ1v) is 6.81. The van der Waals surface area contributed by atoms with Crippen LogP contribution in [-0.2, 0) is 23.1 Å². The molecule has 0 aliphatic carbocycles. The summed E-state index contributed by atoms with van der Waals surface area (Å²) in [7, 11) is -3.22. The minimum absolute atomic E-state index is 0.384. The summed E-state index contributed by atoms with van der Waals surface area (Å²) in [5, 5.41) is 0. The maximum Gasteiger partial charge on any atom is 0.209 e. The number of nitrogens with one attached hydrogen (secondary N) is 1. The highest BCUT2D eigenvalue weighted by atomic mass is 32.2. The van der Waals surface area contributed by atoms with E-state index >= 15 is 0 Å². The van der Waals surface area contributed by atoms with Gasteiger partial charge in [-0.05, 0) is 13.8 Å². The Morgan fingerprint density at radius 2 is 2.19 bits per heavy atom. The molecule has 0 saturated heterocycles. The lowest BCUT2D eigenvalue weighted by Crippen LogP contribution is -2.46. The number of nitrogens with two attached hydrogens (primary N) is 1. The third-order valence-electron chi connectivity index (χ3n) is 2.03. The van der Waals surface area contributed by atoms with Crippen molar-refractivity contribution in [1.82, 2.24) is 14.3 Å². The fourth-order valence-corrected chi connectivity index (χ4v) is 2.69. The number of imidazole rings is 1. The molecule has 0 radical (unpaired) electrons. The van der Waals surface area contributed by atoms with Crippen molar-refractivity contribution in [1.29, 1.82) is 0 Å². The molecule has 1 rings (SSSR count). The average Bonchev–Trinajstić information content (AvgIpc) is 2.45. The summed E-state index contributed by atoms with van der Waals surface area (Å²) >= 11 is 0. The van der Waals surface area contributed by atoms with Crippen molar-refractivity contribution in [2.75, 3.05) is 6.26 Å². The molecule has 1 aromatic heterocycles. The number of sulfonamides is 1. The standard InChI is InChI=1S/C9H18N4O2S/c1-9(2,12-16(3,14)15)6-13-7-11-5-8(13)4-10/h5,7,12H,4,6,10H2,1-3H3. The van der Waals surface area contributed by atoms with E-state index in [1.54, 1.807) is 12.5 Å². The molecule has 0 amide bonds. The van der Waals surface area contributed by atoms with Crippen LogP contribution in [0, 0.1) is 0 Å². The fourth-order valence-electron chi connectivity index (χ4n) is 1.62. The predicted octanol–water partition coefficient (Wildman–Crippen LogP) is -0.330. The smallest absolute Gasteiger partial charge is 0.209 e. The van der Waals surface area contributed by atoms with E-state index < -0.39 is 15.6 Å². The molecule has 1 aromatic rings. The SMILES string of the molecule is CC(C)(Cn1cncc1CN)NS(C)(=O)=O. The Morgan fingerprint density at radius 1 is 1.56 bits per heavy atom. The summed E-state index contributed by atoms with van der Waals surface area (Å²) in [5.41, 5.74) is 5.85. The molecule has 7 heteroatoms. The number of aromatic nitrogens is 2. The first-order valence-electron chi connectivity index (χ1n) is 4.91. The molecule has 16 heavy (non-hydrogen) atoms. The molecule has 3 N–H and O–H groups in total. The lowest BCUT2D eigenvalue weighted by molar-refractivity contribution is 0.386. The van der Waals surface area contributed by atoms with Crippen LogP contribution >= 0.6 is 0 Å². The largest absolute Gasteiger partial charge is 0.332 e. The summed E-state index contributed by atoms with van der Waals surface area (Å²) in [4.78, 5) is 3.98. The molecule has 0 saturated carbocycles. The van der Waals surface area contributed by atoms with Crippen molar-refractivity contribution >= 4 is 10.0 Å². The third-order valence-corrected chi connectivity index (χ3v) is 2.96. The first-order chi connectivity index (χ1) is 7.23. The Labute approximate surface area is 95.9 Å². The van der Waals surface area contributed by atoms with Gasteiger partial charge in [-0.2, -0.15) is 0 Å². The normalized spacial score (nSPS) is 13.0. The Balaban J connectivity index is 2.80. The minimum Gasteiger partial charge on any atom is -0.332 e. The highest BCUT2D eigenvalue weighted by Crippen LogP contribution is 2.10. The van der Waals surface area contributed by atoms with Crippen molar-refractivity contribution in [2.45, 2.75) is 32.5 Å². The highest BCUT2D eigenvalue weighted by Gasteiger charge is 2.23. The van der Waals surface area contributed by atoms with Gasteiger partial charge in [-0.15, -0.1) is 0 Å². The quantitative estimate of drug-likeness (QED) is 0.744. The van der Waals surface area contributed by atoms with E-state index in [2.05, 4.69) is 9.71 Å². The van der Waals surface area contributed by atoms with Crippen molar-refractivity contribution in [3.8, 4) is 0 Å². The molecule has 0 atom stereocenters. The molecular formula is C9H18N4O2S. The van der Waals surface area contributed by atoms with E-state index in [4.69, 9.17) is 5.73 Å². The van der Waals surface area contributed by atoms with E-state index in [0.717, 1.165) is 11.9 Å². The average molecular weight is 246 g/mol. The van der Waals surface area contributed by atoms with Crippen molar-refractivity contribution < 1.29 is 8.42 Å². The monoisotopic (exact) mass is 246 g/mol. The van der Waals surface area contributed by atoms with Gasteiger partial charge in [-0.1, -0.05) is 0 Å². The molecule has 0 bridgehead atoms. The Bertz CT molecular complexity index is 450. The summed E-state index contributed by atoms with van der Waals surface area (Å²) in [6, 6.07) is 0. The third kappa shape index (κ3) is 3.92. The molecule has 0 aliphatic rings. The zero-order chi connectivity index (χ0) is 12.4. The zero-order valence-electron chi connectivity index (χ0n) is 9.77. The van der Waals surface area contributed by atoms with Crippen LogP contribution in [0.5, 0.6) is 0 Å². The van der Waals surface area contributed by atoms with E-state index in [0.29, 0.717) is 13.1 Å². The topological polar surface area (TPSA) is 90.0 Å². The van der Waals surface area contributed by atoms with Gasteiger partial charge in [0.25, 0.3) is 0 Å². The summed E-state index contributed by atoms with van der Waals surface area (Å²) in [5.74, 6) is 0. The second-order valence-corrected chi connectivity index (χ2v) is 6.22. The van der Waals surface area contributed by atoms with Crippen LogP contribution in [-0.4, -0.2) is 29.8 Å². The molecule has 0 spiro atoms. The van der Waals surface area contributed by atoms with Gasteiger partial charge in [0.2, 0.25) is 10.0 Å². The number of hydrogen-bond donors (Lipinski definition) is 2. The van der Waals surface area contributed by atoms with Gasteiger partial charge < -0.3 is 10.3 Å². The molecule has 6 nitrogen and oxygen atoms in total. The van der Waals surface area contributed by atoms with E-state index in [-0.39, 0.29) is 0 Å².